The molecule has 1 aromatic rings. The van der Waals surface area contributed by atoms with Crippen LogP contribution in [0, 0.1) is 0 Å². The van der Waals surface area contributed by atoms with E-state index in [1.807, 2.05) is 13.1 Å². The maximum Gasteiger partial charge on any atom is 0.158 e. The predicted molar refractivity (Wildman–Crippen MR) is 84.1 cm³/mol. The molecule has 0 aliphatic heterocycles. The van der Waals surface area contributed by atoms with Crippen molar-refractivity contribution in [2.24, 2.45) is 0 Å². The van der Waals surface area contributed by atoms with Crippen molar-refractivity contribution in [3.8, 4) is 0 Å². The lowest BCUT2D eigenvalue weighted by atomic mass is 10.1. The van der Waals surface area contributed by atoms with Crippen LogP contribution in [0.15, 0.2) is 6.07 Å². The summed E-state index contributed by atoms with van der Waals surface area (Å²) in [5.41, 5.74) is 0. The lowest BCUT2D eigenvalue weighted by molar-refractivity contribution is 0.178. The zero-order valence-electron chi connectivity index (χ0n) is 13.2. The van der Waals surface area contributed by atoms with Gasteiger partial charge in [0.05, 0.1) is 0 Å². The summed E-state index contributed by atoms with van der Waals surface area (Å²) in [6.07, 6.45) is 5.99. The Hall–Kier alpha value is -1.36. The van der Waals surface area contributed by atoms with Crippen LogP contribution in [0.1, 0.15) is 51.8 Å². The van der Waals surface area contributed by atoms with E-state index in [0.717, 1.165) is 11.6 Å². The molecule has 20 heavy (non-hydrogen) atoms. The normalized spacial score (nSPS) is 12.2. The number of rotatable bonds is 10. The minimum atomic E-state index is 0.428. The van der Waals surface area contributed by atoms with E-state index < -0.39 is 0 Å². The van der Waals surface area contributed by atoms with Gasteiger partial charge in [0, 0.05) is 26.3 Å². The molecule has 0 radical (unpaired) electrons. The second kappa shape index (κ2) is 9.53. The standard InChI is InChI=1S/C15H28N4O/c1-5-7-9-12(8-6-2)17-14-10-13(16-3)18-15(19-14)11-20-4/h10,12H,5-9,11H2,1-4H3,(H2,16,17,18,19). The first-order valence-corrected chi connectivity index (χ1v) is 7.54. The molecule has 1 rings (SSSR count). The third-order valence-corrected chi connectivity index (χ3v) is 3.20. The molecule has 0 saturated carbocycles. The minimum Gasteiger partial charge on any atom is -0.377 e. The largest absolute Gasteiger partial charge is 0.377 e. The van der Waals surface area contributed by atoms with Crippen LogP contribution in [-0.4, -0.2) is 30.2 Å². The Balaban J connectivity index is 2.78. The quantitative estimate of drug-likeness (QED) is 0.687. The number of unbranched alkanes of at least 4 members (excludes halogenated alkanes) is 1. The van der Waals surface area contributed by atoms with Crippen molar-refractivity contribution in [3.63, 3.8) is 0 Å². The van der Waals surface area contributed by atoms with Gasteiger partial charge in [0.25, 0.3) is 0 Å². The molecule has 1 aromatic heterocycles. The van der Waals surface area contributed by atoms with Crippen molar-refractivity contribution in [2.45, 2.75) is 58.6 Å². The number of methoxy groups -OCH3 is 1. The highest BCUT2D eigenvalue weighted by molar-refractivity contribution is 5.47. The molecule has 0 saturated heterocycles. The van der Waals surface area contributed by atoms with E-state index in [0.29, 0.717) is 18.5 Å². The summed E-state index contributed by atoms with van der Waals surface area (Å²) in [5, 5.41) is 6.61. The zero-order valence-corrected chi connectivity index (χ0v) is 13.2. The highest BCUT2D eigenvalue weighted by atomic mass is 16.5. The number of nitrogens with zero attached hydrogens (tertiary/aromatic N) is 2. The number of ether oxygens (including phenoxy) is 1. The van der Waals surface area contributed by atoms with E-state index in [1.165, 1.54) is 32.1 Å². The molecule has 0 spiro atoms. The SMILES string of the molecule is CCCCC(CCC)Nc1cc(NC)nc(COC)n1. The number of nitrogens with one attached hydrogen (secondary N) is 2. The van der Waals surface area contributed by atoms with Gasteiger partial charge in [0.1, 0.15) is 18.2 Å². The fraction of sp³-hybridized carbons (Fsp3) is 0.733. The Morgan fingerprint density at radius 3 is 2.50 bits per heavy atom. The molecule has 0 aliphatic carbocycles. The summed E-state index contributed by atoms with van der Waals surface area (Å²) in [6.45, 7) is 4.87. The Bertz CT molecular complexity index is 384. The van der Waals surface area contributed by atoms with Crippen LogP contribution in [0.4, 0.5) is 11.6 Å². The van der Waals surface area contributed by atoms with Gasteiger partial charge in [-0.3, -0.25) is 0 Å². The summed E-state index contributed by atoms with van der Waals surface area (Å²) in [4.78, 5) is 8.88. The topological polar surface area (TPSA) is 59.1 Å². The summed E-state index contributed by atoms with van der Waals surface area (Å²) < 4.78 is 5.12. The highest BCUT2D eigenvalue weighted by Gasteiger charge is 2.10. The maximum absolute atomic E-state index is 5.12. The van der Waals surface area contributed by atoms with E-state index in [2.05, 4.69) is 34.4 Å². The second-order valence-corrected chi connectivity index (χ2v) is 5.01. The fourth-order valence-corrected chi connectivity index (χ4v) is 2.19. The molecular weight excluding hydrogens is 252 g/mol. The Labute approximate surface area is 122 Å². The molecule has 0 fully saturated rings. The summed E-state index contributed by atoms with van der Waals surface area (Å²) in [7, 11) is 3.52. The smallest absolute Gasteiger partial charge is 0.158 e. The maximum atomic E-state index is 5.12. The van der Waals surface area contributed by atoms with E-state index >= 15 is 0 Å². The number of hydrogen-bond acceptors (Lipinski definition) is 5. The van der Waals surface area contributed by atoms with Gasteiger partial charge in [-0.2, -0.15) is 0 Å². The van der Waals surface area contributed by atoms with Crippen LogP contribution in [0.2, 0.25) is 0 Å². The van der Waals surface area contributed by atoms with Gasteiger partial charge < -0.3 is 15.4 Å². The average molecular weight is 280 g/mol. The van der Waals surface area contributed by atoms with Crippen LogP contribution < -0.4 is 10.6 Å². The van der Waals surface area contributed by atoms with Gasteiger partial charge in [-0.1, -0.05) is 33.1 Å². The molecule has 1 atom stereocenters. The highest BCUT2D eigenvalue weighted by Crippen LogP contribution is 2.16. The monoisotopic (exact) mass is 280 g/mol. The van der Waals surface area contributed by atoms with Crippen molar-refractivity contribution >= 4 is 11.6 Å². The van der Waals surface area contributed by atoms with Gasteiger partial charge >= 0.3 is 0 Å². The second-order valence-electron chi connectivity index (χ2n) is 5.01. The van der Waals surface area contributed by atoms with E-state index in [4.69, 9.17) is 4.74 Å². The lowest BCUT2D eigenvalue weighted by Crippen LogP contribution is -2.20. The van der Waals surface area contributed by atoms with Crippen LogP contribution in [0.5, 0.6) is 0 Å². The van der Waals surface area contributed by atoms with Crippen molar-refractivity contribution in [1.82, 2.24) is 9.97 Å². The zero-order chi connectivity index (χ0) is 14.8. The van der Waals surface area contributed by atoms with Crippen LogP contribution in [0.3, 0.4) is 0 Å². The van der Waals surface area contributed by atoms with Gasteiger partial charge in [-0.15, -0.1) is 0 Å². The summed E-state index contributed by atoms with van der Waals surface area (Å²) >= 11 is 0. The van der Waals surface area contributed by atoms with Gasteiger partial charge in [0.2, 0.25) is 0 Å². The van der Waals surface area contributed by atoms with Gasteiger partial charge in [-0.25, -0.2) is 9.97 Å². The molecular formula is C15H28N4O. The minimum absolute atomic E-state index is 0.428. The van der Waals surface area contributed by atoms with E-state index in [1.54, 1.807) is 7.11 Å². The number of anilines is 2. The first kappa shape index (κ1) is 16.7. The molecule has 2 N–H and O–H groups in total. The molecule has 5 heteroatoms. The third kappa shape index (κ3) is 5.74. The van der Waals surface area contributed by atoms with Crippen LogP contribution in [-0.2, 0) is 11.3 Å². The molecule has 1 unspecified atom stereocenters. The molecule has 5 nitrogen and oxygen atoms in total. The molecule has 0 aromatic carbocycles. The Morgan fingerprint density at radius 1 is 1.15 bits per heavy atom. The average Bonchev–Trinajstić information content (AvgIpc) is 2.45. The van der Waals surface area contributed by atoms with Gasteiger partial charge in [0.15, 0.2) is 5.82 Å². The first-order chi connectivity index (χ1) is 9.73. The molecule has 0 amide bonds. The fourth-order valence-electron chi connectivity index (χ4n) is 2.19. The van der Waals surface area contributed by atoms with Crippen LogP contribution in [0.25, 0.3) is 0 Å². The molecule has 0 aliphatic rings. The predicted octanol–water partition coefficient (Wildman–Crippen LogP) is 3.44. The van der Waals surface area contributed by atoms with E-state index in [-0.39, 0.29) is 0 Å². The molecule has 114 valence electrons. The van der Waals surface area contributed by atoms with Crippen molar-refractivity contribution < 1.29 is 4.74 Å². The Kier molecular flexibility index (Phi) is 7.95. The van der Waals surface area contributed by atoms with Crippen LogP contribution >= 0.6 is 0 Å². The third-order valence-electron chi connectivity index (χ3n) is 3.20. The molecule has 0 bridgehead atoms. The number of hydrogen-bond donors (Lipinski definition) is 2. The first-order valence-electron chi connectivity index (χ1n) is 7.54. The van der Waals surface area contributed by atoms with E-state index in [9.17, 15) is 0 Å². The molecule has 1 heterocycles. The summed E-state index contributed by atoms with van der Waals surface area (Å²) in [5.74, 6) is 2.40. The lowest BCUT2D eigenvalue weighted by Gasteiger charge is -2.19. The number of aromatic nitrogens is 2. The van der Waals surface area contributed by atoms with Crippen molar-refractivity contribution in [1.29, 1.82) is 0 Å². The van der Waals surface area contributed by atoms with Gasteiger partial charge in [-0.05, 0) is 12.8 Å². The van der Waals surface area contributed by atoms with Crippen molar-refractivity contribution in [2.75, 3.05) is 24.8 Å². The van der Waals surface area contributed by atoms with Crippen molar-refractivity contribution in [3.05, 3.63) is 11.9 Å². The summed E-state index contributed by atoms with van der Waals surface area (Å²) in [6, 6.07) is 2.43. The Morgan fingerprint density at radius 2 is 1.90 bits per heavy atom.